The van der Waals surface area contributed by atoms with Gasteiger partial charge in [-0.1, -0.05) is 12.1 Å². The maximum absolute atomic E-state index is 12.2. The summed E-state index contributed by atoms with van der Waals surface area (Å²) in [7, 11) is 0. The van der Waals surface area contributed by atoms with Crippen molar-refractivity contribution in [2.45, 2.75) is 12.2 Å². The molecule has 0 bridgehead atoms. The van der Waals surface area contributed by atoms with E-state index in [-0.39, 0.29) is 19.0 Å². The van der Waals surface area contributed by atoms with Crippen molar-refractivity contribution < 1.29 is 24.9 Å². The van der Waals surface area contributed by atoms with Crippen LogP contribution < -0.4 is 0 Å². The highest BCUT2D eigenvalue weighted by atomic mass is 16.4. The van der Waals surface area contributed by atoms with Crippen molar-refractivity contribution in [2.75, 3.05) is 13.1 Å². The number of nitrogens with zero attached hydrogens (tertiary/aromatic N) is 1. The van der Waals surface area contributed by atoms with Crippen LogP contribution in [-0.2, 0) is 4.79 Å². The maximum Gasteiger partial charge on any atom is 0.328 e. The van der Waals surface area contributed by atoms with Crippen molar-refractivity contribution >= 4 is 18.0 Å². The molecule has 1 aliphatic rings. The highest BCUT2D eigenvalue weighted by Crippen LogP contribution is 2.15. The molecule has 0 spiro atoms. The van der Waals surface area contributed by atoms with Crippen LogP contribution in [0.15, 0.2) is 30.3 Å². The number of benzene rings is 1. The van der Waals surface area contributed by atoms with Gasteiger partial charge in [-0.25, -0.2) is 4.79 Å². The molecule has 6 heteroatoms. The second kappa shape index (κ2) is 5.85. The highest BCUT2D eigenvalue weighted by Gasteiger charge is 2.32. The van der Waals surface area contributed by atoms with E-state index in [2.05, 4.69) is 0 Å². The first-order chi connectivity index (χ1) is 9.47. The number of aliphatic carboxylic acids is 1. The molecule has 0 saturated carbocycles. The Bertz CT molecular complexity index is 544. The summed E-state index contributed by atoms with van der Waals surface area (Å²) >= 11 is 0. The molecule has 1 aromatic rings. The summed E-state index contributed by atoms with van der Waals surface area (Å²) in [5, 5.41) is 27.5. The number of carboxylic acid groups (broad SMARTS) is 1. The van der Waals surface area contributed by atoms with Crippen LogP contribution in [0.3, 0.4) is 0 Å². The second-order valence-corrected chi connectivity index (χ2v) is 4.64. The third kappa shape index (κ3) is 3.23. The van der Waals surface area contributed by atoms with E-state index < -0.39 is 18.2 Å². The Morgan fingerprint density at radius 1 is 1.20 bits per heavy atom. The lowest BCUT2D eigenvalue weighted by Gasteiger charge is -2.15. The van der Waals surface area contributed by atoms with Gasteiger partial charge in [0.05, 0.1) is 12.2 Å². The number of rotatable bonds is 3. The third-order valence-corrected chi connectivity index (χ3v) is 3.10. The molecule has 1 amide bonds. The zero-order chi connectivity index (χ0) is 14.7. The summed E-state index contributed by atoms with van der Waals surface area (Å²) in [6, 6.07) is 6.51. The van der Waals surface area contributed by atoms with Gasteiger partial charge in [0, 0.05) is 24.7 Å². The van der Waals surface area contributed by atoms with Crippen molar-refractivity contribution in [3.63, 3.8) is 0 Å². The molecule has 1 heterocycles. The van der Waals surface area contributed by atoms with Crippen molar-refractivity contribution in [2.24, 2.45) is 0 Å². The van der Waals surface area contributed by atoms with Gasteiger partial charge >= 0.3 is 5.97 Å². The minimum Gasteiger partial charge on any atom is -0.478 e. The first-order valence-electron chi connectivity index (χ1n) is 6.14. The minimum absolute atomic E-state index is 0.0925. The average Bonchev–Trinajstić information content (AvgIpc) is 2.76. The molecule has 0 radical (unpaired) electrons. The molecule has 3 N–H and O–H groups in total. The Kier molecular flexibility index (Phi) is 4.16. The van der Waals surface area contributed by atoms with Gasteiger partial charge in [0.15, 0.2) is 0 Å². The Balaban J connectivity index is 2.15. The second-order valence-electron chi connectivity index (χ2n) is 4.64. The van der Waals surface area contributed by atoms with Gasteiger partial charge in [0.1, 0.15) is 0 Å². The number of aliphatic hydroxyl groups excluding tert-OH is 2. The van der Waals surface area contributed by atoms with Gasteiger partial charge in [-0.05, 0) is 23.8 Å². The van der Waals surface area contributed by atoms with E-state index in [0.29, 0.717) is 11.1 Å². The summed E-state index contributed by atoms with van der Waals surface area (Å²) in [5.41, 5.74) is 0.984. The van der Waals surface area contributed by atoms with E-state index >= 15 is 0 Å². The van der Waals surface area contributed by atoms with E-state index in [9.17, 15) is 19.8 Å². The lowest BCUT2D eigenvalue weighted by molar-refractivity contribution is -0.131. The zero-order valence-corrected chi connectivity index (χ0v) is 10.6. The van der Waals surface area contributed by atoms with Crippen LogP contribution in [0, 0.1) is 0 Å². The molecule has 2 rings (SSSR count). The number of hydrogen-bond acceptors (Lipinski definition) is 4. The van der Waals surface area contributed by atoms with Crippen LogP contribution in [0.1, 0.15) is 15.9 Å². The number of carboxylic acids is 1. The van der Waals surface area contributed by atoms with Crippen LogP contribution in [0.4, 0.5) is 0 Å². The lowest BCUT2D eigenvalue weighted by atomic mass is 10.1. The molecule has 2 unspecified atom stereocenters. The van der Waals surface area contributed by atoms with Gasteiger partial charge in [0.25, 0.3) is 5.91 Å². The zero-order valence-electron chi connectivity index (χ0n) is 10.6. The largest absolute Gasteiger partial charge is 0.478 e. The SMILES string of the molecule is O=C(O)/C=C/c1cccc(C(=O)N2CC(O)C(O)C2)c1. The number of aliphatic hydroxyl groups is 2. The molecule has 0 aliphatic carbocycles. The summed E-state index contributed by atoms with van der Waals surface area (Å²) in [6.07, 6.45) is 0.544. The van der Waals surface area contributed by atoms with E-state index in [1.54, 1.807) is 24.3 Å². The van der Waals surface area contributed by atoms with Gasteiger partial charge in [-0.3, -0.25) is 4.79 Å². The maximum atomic E-state index is 12.2. The number of amides is 1. The van der Waals surface area contributed by atoms with E-state index in [1.165, 1.54) is 11.0 Å². The van der Waals surface area contributed by atoms with Gasteiger partial charge < -0.3 is 20.2 Å². The monoisotopic (exact) mass is 277 g/mol. The Morgan fingerprint density at radius 3 is 2.45 bits per heavy atom. The fraction of sp³-hybridized carbons (Fsp3) is 0.286. The number of likely N-dealkylation sites (tertiary alicyclic amines) is 1. The fourth-order valence-electron chi connectivity index (χ4n) is 2.06. The van der Waals surface area contributed by atoms with Crippen LogP contribution in [-0.4, -0.2) is 57.4 Å². The average molecular weight is 277 g/mol. The number of β-amino-alcohol motifs (C(OH)–C–C–N with tert-alkyl or cyclic N) is 2. The molecule has 6 nitrogen and oxygen atoms in total. The molecular formula is C14H15NO5. The predicted octanol–water partition coefficient (Wildman–Crippen LogP) is -0.0380. The van der Waals surface area contributed by atoms with Crippen LogP contribution >= 0.6 is 0 Å². The minimum atomic E-state index is -1.06. The first kappa shape index (κ1) is 14.2. The van der Waals surface area contributed by atoms with Crippen LogP contribution in [0.5, 0.6) is 0 Å². The van der Waals surface area contributed by atoms with Crippen molar-refractivity contribution in [1.82, 2.24) is 4.90 Å². The van der Waals surface area contributed by atoms with Crippen LogP contribution in [0.2, 0.25) is 0 Å². The molecule has 106 valence electrons. The fourth-order valence-corrected chi connectivity index (χ4v) is 2.06. The first-order valence-corrected chi connectivity index (χ1v) is 6.14. The number of hydrogen-bond donors (Lipinski definition) is 3. The Labute approximate surface area is 115 Å². The van der Waals surface area contributed by atoms with E-state index in [0.717, 1.165) is 6.08 Å². The molecule has 1 saturated heterocycles. The Hall–Kier alpha value is -2.18. The molecule has 2 atom stereocenters. The summed E-state index contributed by atoms with van der Waals surface area (Å²) in [5.74, 6) is -1.36. The molecule has 1 aromatic carbocycles. The molecule has 0 aromatic heterocycles. The molecule has 1 fully saturated rings. The third-order valence-electron chi connectivity index (χ3n) is 3.10. The van der Waals surface area contributed by atoms with Gasteiger partial charge in [-0.2, -0.15) is 0 Å². The molecular weight excluding hydrogens is 262 g/mol. The van der Waals surface area contributed by atoms with Gasteiger partial charge in [-0.15, -0.1) is 0 Å². The number of carbonyl (C=O) groups is 2. The van der Waals surface area contributed by atoms with E-state index in [1.807, 2.05) is 0 Å². The lowest BCUT2D eigenvalue weighted by Crippen LogP contribution is -2.29. The Morgan fingerprint density at radius 2 is 1.85 bits per heavy atom. The standard InChI is InChI=1S/C14H15NO5/c16-11-7-15(8-12(11)17)14(20)10-3-1-2-9(6-10)4-5-13(18)19/h1-6,11-12,16-17H,7-8H2,(H,18,19)/b5-4+. The summed E-state index contributed by atoms with van der Waals surface area (Å²) < 4.78 is 0. The number of carbonyl (C=O) groups excluding carboxylic acids is 1. The summed E-state index contributed by atoms with van der Waals surface area (Å²) in [6.45, 7) is 0.185. The highest BCUT2D eigenvalue weighted by molar-refractivity contribution is 5.95. The van der Waals surface area contributed by atoms with Crippen molar-refractivity contribution in [1.29, 1.82) is 0 Å². The molecule has 1 aliphatic heterocycles. The van der Waals surface area contributed by atoms with Gasteiger partial charge in [0.2, 0.25) is 0 Å². The smallest absolute Gasteiger partial charge is 0.328 e. The predicted molar refractivity (Wildman–Crippen MR) is 71.0 cm³/mol. The van der Waals surface area contributed by atoms with Crippen molar-refractivity contribution in [3.05, 3.63) is 41.5 Å². The van der Waals surface area contributed by atoms with Crippen molar-refractivity contribution in [3.8, 4) is 0 Å². The molecule has 20 heavy (non-hydrogen) atoms. The van der Waals surface area contributed by atoms with E-state index in [4.69, 9.17) is 5.11 Å². The van der Waals surface area contributed by atoms with Crippen LogP contribution in [0.25, 0.3) is 6.08 Å². The quantitative estimate of drug-likeness (QED) is 0.674. The summed E-state index contributed by atoms with van der Waals surface area (Å²) in [4.78, 5) is 24.0. The topological polar surface area (TPSA) is 98.1 Å². The normalized spacial score (nSPS) is 22.4.